The molecule has 0 saturated carbocycles. The molecule has 0 amide bonds. The summed E-state index contributed by atoms with van der Waals surface area (Å²) in [5.74, 6) is 0. The van der Waals surface area contributed by atoms with Gasteiger partial charge >= 0.3 is 0 Å². The highest BCUT2D eigenvalue weighted by Crippen LogP contribution is 2.33. The van der Waals surface area contributed by atoms with Gasteiger partial charge in [0.15, 0.2) is 0 Å². The molecule has 0 spiro atoms. The van der Waals surface area contributed by atoms with Crippen molar-refractivity contribution in [2.75, 3.05) is 0 Å². The summed E-state index contributed by atoms with van der Waals surface area (Å²) in [6, 6.07) is 6.90. The minimum atomic E-state index is -0.321. The first kappa shape index (κ1) is 10.6. The van der Waals surface area contributed by atoms with Crippen LogP contribution in [0.25, 0.3) is 5.57 Å². The zero-order chi connectivity index (χ0) is 11.5. The molecule has 0 atom stereocenters. The molecule has 1 aromatic carbocycles. The van der Waals surface area contributed by atoms with Crippen LogP contribution < -0.4 is 0 Å². The van der Waals surface area contributed by atoms with Crippen LogP contribution in [0.3, 0.4) is 0 Å². The molecule has 1 aliphatic rings. The van der Waals surface area contributed by atoms with Crippen molar-refractivity contribution in [2.45, 2.75) is 19.8 Å². The topological polar surface area (TPSA) is 43.1 Å². The SMILES string of the molecule is CC1=CCCC=C1c1ccccc1[N+](=O)[O-]. The molecule has 3 heteroatoms. The summed E-state index contributed by atoms with van der Waals surface area (Å²) in [6.07, 6.45) is 6.19. The maximum atomic E-state index is 10.9. The lowest BCUT2D eigenvalue weighted by molar-refractivity contribution is -0.385. The van der Waals surface area contributed by atoms with Crippen LogP contribution in [0, 0.1) is 10.1 Å². The summed E-state index contributed by atoms with van der Waals surface area (Å²) in [4.78, 5) is 10.6. The van der Waals surface area contributed by atoms with Crippen molar-refractivity contribution in [1.82, 2.24) is 0 Å². The van der Waals surface area contributed by atoms with Crippen molar-refractivity contribution in [1.29, 1.82) is 0 Å². The van der Waals surface area contributed by atoms with Crippen LogP contribution in [0.5, 0.6) is 0 Å². The lowest BCUT2D eigenvalue weighted by Gasteiger charge is -2.12. The molecule has 0 aromatic heterocycles. The zero-order valence-corrected chi connectivity index (χ0v) is 9.14. The number of nitrogens with zero attached hydrogens (tertiary/aromatic N) is 1. The zero-order valence-electron chi connectivity index (χ0n) is 9.14. The van der Waals surface area contributed by atoms with Gasteiger partial charge in [-0.05, 0) is 37.0 Å². The van der Waals surface area contributed by atoms with Gasteiger partial charge in [0, 0.05) is 6.07 Å². The molecule has 16 heavy (non-hydrogen) atoms. The van der Waals surface area contributed by atoms with Crippen LogP contribution in [-0.4, -0.2) is 4.92 Å². The molecule has 82 valence electrons. The summed E-state index contributed by atoms with van der Waals surface area (Å²) >= 11 is 0. The Balaban J connectivity index is 2.52. The summed E-state index contributed by atoms with van der Waals surface area (Å²) < 4.78 is 0. The number of hydrogen-bond acceptors (Lipinski definition) is 2. The molecular formula is C13H13NO2. The Morgan fingerprint density at radius 3 is 2.56 bits per heavy atom. The minimum Gasteiger partial charge on any atom is -0.258 e. The van der Waals surface area contributed by atoms with E-state index in [9.17, 15) is 10.1 Å². The fourth-order valence-electron chi connectivity index (χ4n) is 1.98. The normalized spacial score (nSPS) is 15.3. The molecule has 1 aromatic rings. The number of nitro benzene ring substituents is 1. The largest absolute Gasteiger partial charge is 0.277 e. The van der Waals surface area contributed by atoms with Gasteiger partial charge in [-0.25, -0.2) is 0 Å². The van der Waals surface area contributed by atoms with E-state index >= 15 is 0 Å². The van der Waals surface area contributed by atoms with Crippen molar-refractivity contribution in [3.8, 4) is 0 Å². The quantitative estimate of drug-likeness (QED) is 0.557. The number of hydrogen-bond donors (Lipinski definition) is 0. The maximum absolute atomic E-state index is 10.9. The van der Waals surface area contributed by atoms with Gasteiger partial charge in [0.25, 0.3) is 5.69 Å². The lowest BCUT2D eigenvalue weighted by Crippen LogP contribution is -1.97. The average molecular weight is 215 g/mol. The molecule has 0 bridgehead atoms. The van der Waals surface area contributed by atoms with Gasteiger partial charge in [-0.1, -0.05) is 24.3 Å². The van der Waals surface area contributed by atoms with Crippen molar-refractivity contribution >= 4 is 11.3 Å². The molecular weight excluding hydrogens is 202 g/mol. The lowest BCUT2D eigenvalue weighted by atomic mass is 9.92. The van der Waals surface area contributed by atoms with Gasteiger partial charge in [0.2, 0.25) is 0 Å². The second-order valence-electron chi connectivity index (χ2n) is 3.86. The third-order valence-corrected chi connectivity index (χ3v) is 2.78. The smallest absolute Gasteiger partial charge is 0.258 e. The van der Waals surface area contributed by atoms with E-state index in [1.54, 1.807) is 12.1 Å². The first-order valence-electron chi connectivity index (χ1n) is 5.31. The van der Waals surface area contributed by atoms with Crippen molar-refractivity contribution in [2.24, 2.45) is 0 Å². The Morgan fingerprint density at radius 1 is 1.19 bits per heavy atom. The van der Waals surface area contributed by atoms with Crippen LogP contribution in [0.1, 0.15) is 25.3 Å². The second kappa shape index (κ2) is 4.31. The first-order valence-corrected chi connectivity index (χ1v) is 5.31. The van der Waals surface area contributed by atoms with Crippen LogP contribution in [0.2, 0.25) is 0 Å². The van der Waals surface area contributed by atoms with E-state index in [2.05, 4.69) is 12.2 Å². The standard InChI is InChI=1S/C13H13NO2/c1-10-6-2-3-7-11(10)12-8-4-5-9-13(12)14(15)16/h4-9H,2-3H2,1H3. The molecule has 0 saturated heterocycles. The first-order chi connectivity index (χ1) is 7.70. The molecule has 0 N–H and O–H groups in total. The second-order valence-corrected chi connectivity index (χ2v) is 3.86. The summed E-state index contributed by atoms with van der Waals surface area (Å²) in [7, 11) is 0. The number of para-hydroxylation sites is 1. The maximum Gasteiger partial charge on any atom is 0.277 e. The highest BCUT2D eigenvalue weighted by atomic mass is 16.6. The van der Waals surface area contributed by atoms with E-state index in [0.717, 1.165) is 29.6 Å². The summed E-state index contributed by atoms with van der Waals surface area (Å²) in [6.45, 7) is 2.00. The Morgan fingerprint density at radius 2 is 1.88 bits per heavy atom. The van der Waals surface area contributed by atoms with Crippen LogP contribution in [-0.2, 0) is 0 Å². The third-order valence-electron chi connectivity index (χ3n) is 2.78. The van der Waals surface area contributed by atoms with Gasteiger partial charge in [0.05, 0.1) is 10.5 Å². The van der Waals surface area contributed by atoms with Crippen molar-refractivity contribution in [3.63, 3.8) is 0 Å². The van der Waals surface area contributed by atoms with E-state index in [1.807, 2.05) is 19.1 Å². The summed E-state index contributed by atoms with van der Waals surface area (Å²) in [5, 5.41) is 10.9. The van der Waals surface area contributed by atoms with E-state index in [4.69, 9.17) is 0 Å². The Labute approximate surface area is 94.3 Å². The predicted molar refractivity (Wildman–Crippen MR) is 64.1 cm³/mol. The van der Waals surface area contributed by atoms with E-state index in [0.29, 0.717) is 0 Å². The van der Waals surface area contributed by atoms with Gasteiger partial charge in [-0.15, -0.1) is 0 Å². The average Bonchev–Trinajstić information content (AvgIpc) is 2.29. The highest BCUT2D eigenvalue weighted by molar-refractivity contribution is 5.83. The predicted octanol–water partition coefficient (Wildman–Crippen LogP) is 3.72. The van der Waals surface area contributed by atoms with Gasteiger partial charge in [-0.2, -0.15) is 0 Å². The number of nitro groups is 1. The molecule has 1 aliphatic carbocycles. The molecule has 0 aliphatic heterocycles. The molecule has 0 heterocycles. The van der Waals surface area contributed by atoms with Gasteiger partial charge in [0.1, 0.15) is 0 Å². The number of rotatable bonds is 2. The summed E-state index contributed by atoms with van der Waals surface area (Å²) in [5.41, 5.74) is 3.03. The van der Waals surface area contributed by atoms with E-state index < -0.39 is 0 Å². The van der Waals surface area contributed by atoms with E-state index in [-0.39, 0.29) is 10.6 Å². The van der Waals surface area contributed by atoms with Crippen LogP contribution in [0.4, 0.5) is 5.69 Å². The van der Waals surface area contributed by atoms with Gasteiger partial charge in [-0.3, -0.25) is 10.1 Å². The Kier molecular flexibility index (Phi) is 2.86. The van der Waals surface area contributed by atoms with Crippen molar-refractivity contribution in [3.05, 3.63) is 57.7 Å². The Bertz CT molecular complexity index is 486. The highest BCUT2D eigenvalue weighted by Gasteiger charge is 2.17. The van der Waals surface area contributed by atoms with Crippen LogP contribution >= 0.6 is 0 Å². The Hall–Kier alpha value is -1.90. The molecule has 0 fully saturated rings. The van der Waals surface area contributed by atoms with Crippen LogP contribution in [0.15, 0.2) is 42.0 Å². The fourth-order valence-corrected chi connectivity index (χ4v) is 1.98. The fraction of sp³-hybridized carbons (Fsp3) is 0.231. The minimum absolute atomic E-state index is 0.184. The molecule has 2 rings (SSSR count). The number of benzene rings is 1. The molecule has 0 unspecified atom stereocenters. The molecule has 0 radical (unpaired) electrons. The van der Waals surface area contributed by atoms with E-state index in [1.165, 1.54) is 0 Å². The third kappa shape index (κ3) is 1.89. The van der Waals surface area contributed by atoms with Gasteiger partial charge < -0.3 is 0 Å². The molecule has 3 nitrogen and oxygen atoms in total. The number of allylic oxidation sites excluding steroid dienone is 4. The monoisotopic (exact) mass is 215 g/mol. The van der Waals surface area contributed by atoms with Crippen molar-refractivity contribution < 1.29 is 4.92 Å².